The largest absolute Gasteiger partial charge is 0.493 e. The van der Waals surface area contributed by atoms with Gasteiger partial charge in [-0.3, -0.25) is 9.59 Å². The first-order chi connectivity index (χ1) is 18.0. The Morgan fingerprint density at radius 1 is 0.974 bits per heavy atom. The van der Waals surface area contributed by atoms with Gasteiger partial charge in [0.2, 0.25) is 5.75 Å². The van der Waals surface area contributed by atoms with E-state index >= 15 is 0 Å². The van der Waals surface area contributed by atoms with Crippen molar-refractivity contribution in [3.63, 3.8) is 0 Å². The van der Waals surface area contributed by atoms with Crippen molar-refractivity contribution in [2.45, 2.75) is 32.4 Å². The summed E-state index contributed by atoms with van der Waals surface area (Å²) in [6.45, 7) is 4.52. The summed E-state index contributed by atoms with van der Waals surface area (Å²) in [4.78, 5) is 47.3. The number of hydrogen-bond donors (Lipinski definition) is 1. The molecule has 1 atom stereocenters. The molecule has 0 bridgehead atoms. The highest BCUT2D eigenvalue weighted by molar-refractivity contribution is 6.30. The molecule has 9 nitrogen and oxygen atoms in total. The molecule has 0 radical (unpaired) electrons. The van der Waals surface area contributed by atoms with Gasteiger partial charge < -0.3 is 19.6 Å². The van der Waals surface area contributed by atoms with Crippen LogP contribution in [0.4, 0.5) is 0 Å². The Bertz CT molecular complexity index is 1270. The van der Waals surface area contributed by atoms with Crippen LogP contribution >= 0.6 is 23.2 Å². The number of benzene rings is 2. The lowest BCUT2D eigenvalue weighted by Gasteiger charge is -2.38. The van der Waals surface area contributed by atoms with Gasteiger partial charge in [-0.25, -0.2) is 9.78 Å². The number of esters is 1. The van der Waals surface area contributed by atoms with Crippen LogP contribution < -0.4 is 14.8 Å². The minimum atomic E-state index is -1.09. The average Bonchev–Trinajstić information content (AvgIpc) is 2.88. The summed E-state index contributed by atoms with van der Waals surface area (Å²) in [5, 5.41) is 5.04. The summed E-state index contributed by atoms with van der Waals surface area (Å²) >= 11 is 12.2. The van der Waals surface area contributed by atoms with E-state index in [4.69, 9.17) is 37.5 Å². The zero-order valence-corrected chi connectivity index (χ0v) is 23.0. The van der Waals surface area contributed by atoms with Crippen LogP contribution in [0.1, 0.15) is 42.4 Å². The predicted octanol–water partition coefficient (Wildman–Crippen LogP) is 4.79. The predicted molar refractivity (Wildman–Crippen MR) is 142 cm³/mol. The third-order valence-corrected chi connectivity index (χ3v) is 6.42. The van der Waals surface area contributed by atoms with Crippen molar-refractivity contribution in [1.29, 1.82) is 0 Å². The summed E-state index contributed by atoms with van der Waals surface area (Å²) in [6.07, 6.45) is 1.32. The van der Waals surface area contributed by atoms with Gasteiger partial charge in [-0.15, -0.1) is 5.06 Å². The van der Waals surface area contributed by atoms with E-state index in [0.29, 0.717) is 10.0 Å². The van der Waals surface area contributed by atoms with Gasteiger partial charge in [-0.2, -0.15) is 0 Å². The molecule has 11 heteroatoms. The first-order valence-electron chi connectivity index (χ1n) is 11.5. The second-order valence-corrected chi connectivity index (χ2v) is 9.35. The highest BCUT2D eigenvalue weighted by Crippen LogP contribution is 2.36. The molecule has 3 rings (SSSR count). The second kappa shape index (κ2) is 12.3. The highest BCUT2D eigenvalue weighted by atomic mass is 35.5. The van der Waals surface area contributed by atoms with E-state index < -0.39 is 29.4 Å². The number of hydroxylamine groups is 2. The summed E-state index contributed by atoms with van der Waals surface area (Å²) in [7, 11) is 2.97. The van der Waals surface area contributed by atoms with Crippen molar-refractivity contribution in [1.82, 2.24) is 15.4 Å². The minimum Gasteiger partial charge on any atom is -0.493 e. The fourth-order valence-electron chi connectivity index (χ4n) is 3.70. The Morgan fingerprint density at radius 3 is 1.97 bits per heavy atom. The van der Waals surface area contributed by atoms with E-state index in [1.54, 1.807) is 31.3 Å². The molecular formula is C27H27Cl2N3O6. The number of nitrogens with zero attached hydrogens (tertiary/aromatic N) is 2. The van der Waals surface area contributed by atoms with Gasteiger partial charge in [-0.1, -0.05) is 47.5 Å². The van der Waals surface area contributed by atoms with Gasteiger partial charge in [0.25, 0.3) is 5.91 Å². The topological polar surface area (TPSA) is 107 Å². The minimum absolute atomic E-state index is 0.136. The molecule has 1 amide bonds. The van der Waals surface area contributed by atoms with Crippen molar-refractivity contribution in [3.05, 3.63) is 87.7 Å². The number of halogens is 2. The molecule has 1 heterocycles. The van der Waals surface area contributed by atoms with Crippen LogP contribution in [0.5, 0.6) is 11.5 Å². The first-order valence-corrected chi connectivity index (χ1v) is 12.2. The molecule has 0 aliphatic heterocycles. The Kier molecular flexibility index (Phi) is 9.32. The maximum absolute atomic E-state index is 13.1. The van der Waals surface area contributed by atoms with E-state index in [1.165, 1.54) is 38.3 Å². The van der Waals surface area contributed by atoms with Gasteiger partial charge in [0.15, 0.2) is 11.4 Å². The standard InChI is InChI=1S/C27H27Cl2N3O6/c1-16(31-25(34)23-24(37-17(2)33)22(36-5)14-15-30-23)26(35)38-32(4)27(3,18-6-10-20(28)11-7-18)19-8-12-21(29)13-9-19/h6-16H,1-5H3,(H,31,34)/t16-/m0/s1. The fraction of sp³-hybridized carbons (Fsp3) is 0.259. The fourth-order valence-corrected chi connectivity index (χ4v) is 3.96. The molecule has 1 aromatic heterocycles. The van der Waals surface area contributed by atoms with Crippen LogP contribution in [0.15, 0.2) is 60.8 Å². The maximum Gasteiger partial charge on any atom is 0.347 e. The number of ether oxygens (including phenoxy) is 2. The van der Waals surface area contributed by atoms with E-state index in [9.17, 15) is 14.4 Å². The molecule has 0 spiro atoms. The van der Waals surface area contributed by atoms with Crippen molar-refractivity contribution in [3.8, 4) is 11.5 Å². The van der Waals surface area contributed by atoms with E-state index in [2.05, 4.69) is 10.3 Å². The molecule has 1 N–H and O–H groups in total. The average molecular weight is 560 g/mol. The highest BCUT2D eigenvalue weighted by Gasteiger charge is 2.37. The van der Waals surface area contributed by atoms with Crippen LogP contribution in [0.25, 0.3) is 0 Å². The molecule has 2 aromatic carbocycles. The summed E-state index contributed by atoms with van der Waals surface area (Å²) < 4.78 is 10.3. The number of carbonyl (C=O) groups is 3. The molecule has 0 aliphatic rings. The number of rotatable bonds is 9. The molecule has 0 saturated carbocycles. The van der Waals surface area contributed by atoms with Gasteiger partial charge in [0, 0.05) is 36.3 Å². The summed E-state index contributed by atoms with van der Waals surface area (Å²) in [5.74, 6) is -2.19. The number of carbonyl (C=O) groups excluding carboxylic acids is 3. The summed E-state index contributed by atoms with van der Waals surface area (Å²) in [6, 6.07) is 14.6. The van der Waals surface area contributed by atoms with Crippen LogP contribution in [0, 0.1) is 0 Å². The van der Waals surface area contributed by atoms with Gasteiger partial charge in [0.1, 0.15) is 11.6 Å². The monoisotopic (exact) mass is 559 g/mol. The normalized spacial score (nSPS) is 12.0. The molecule has 3 aromatic rings. The Hall–Kier alpha value is -3.66. The second-order valence-electron chi connectivity index (χ2n) is 8.47. The van der Waals surface area contributed by atoms with Gasteiger partial charge in [-0.05, 0) is 49.2 Å². The number of hydrogen-bond acceptors (Lipinski definition) is 8. The Labute approximate surface area is 230 Å². The molecule has 38 heavy (non-hydrogen) atoms. The first kappa shape index (κ1) is 28.9. The maximum atomic E-state index is 13.1. The lowest BCUT2D eigenvalue weighted by molar-refractivity contribution is -0.207. The third kappa shape index (κ3) is 6.42. The van der Waals surface area contributed by atoms with Crippen molar-refractivity contribution < 1.29 is 28.7 Å². The number of aromatic nitrogens is 1. The zero-order chi connectivity index (χ0) is 28.0. The Balaban J connectivity index is 1.83. The molecular weight excluding hydrogens is 533 g/mol. The van der Waals surface area contributed by atoms with E-state index in [-0.39, 0.29) is 17.2 Å². The van der Waals surface area contributed by atoms with Gasteiger partial charge in [0.05, 0.1) is 7.11 Å². The lowest BCUT2D eigenvalue weighted by atomic mass is 9.84. The van der Waals surface area contributed by atoms with Crippen LogP contribution in [-0.2, 0) is 20.0 Å². The number of nitrogens with one attached hydrogen (secondary N) is 1. The SMILES string of the molecule is COc1ccnc(C(=O)N[C@@H](C)C(=O)ON(C)C(C)(c2ccc(Cl)cc2)c2ccc(Cl)cc2)c1OC(C)=O. The number of pyridine rings is 1. The van der Waals surface area contributed by atoms with Crippen LogP contribution in [0.3, 0.4) is 0 Å². The van der Waals surface area contributed by atoms with Crippen LogP contribution in [-0.4, -0.2) is 48.1 Å². The number of methoxy groups -OCH3 is 1. The smallest absolute Gasteiger partial charge is 0.347 e. The molecule has 0 fully saturated rings. The Morgan fingerprint density at radius 2 is 1.50 bits per heavy atom. The third-order valence-electron chi connectivity index (χ3n) is 5.92. The molecule has 200 valence electrons. The molecule has 0 aliphatic carbocycles. The van der Waals surface area contributed by atoms with Crippen molar-refractivity contribution in [2.24, 2.45) is 0 Å². The quantitative estimate of drug-likeness (QED) is 0.294. The molecule has 0 saturated heterocycles. The van der Waals surface area contributed by atoms with Gasteiger partial charge >= 0.3 is 11.9 Å². The number of amides is 1. The van der Waals surface area contributed by atoms with E-state index in [0.717, 1.165) is 11.1 Å². The molecule has 0 unspecified atom stereocenters. The van der Waals surface area contributed by atoms with Crippen LogP contribution in [0.2, 0.25) is 10.0 Å². The zero-order valence-electron chi connectivity index (χ0n) is 21.5. The van der Waals surface area contributed by atoms with E-state index in [1.807, 2.05) is 31.2 Å². The van der Waals surface area contributed by atoms with Crippen molar-refractivity contribution in [2.75, 3.05) is 14.2 Å². The lowest BCUT2D eigenvalue weighted by Crippen LogP contribution is -2.48. The summed E-state index contributed by atoms with van der Waals surface area (Å²) in [5.41, 5.74) is 0.427. The van der Waals surface area contributed by atoms with Crippen molar-refractivity contribution >= 4 is 41.0 Å².